The van der Waals surface area contributed by atoms with E-state index in [-0.39, 0.29) is 12.5 Å². The van der Waals surface area contributed by atoms with E-state index in [4.69, 9.17) is 10.5 Å². The van der Waals surface area contributed by atoms with Crippen molar-refractivity contribution in [3.63, 3.8) is 0 Å². The summed E-state index contributed by atoms with van der Waals surface area (Å²) in [6, 6.07) is 11.7. The molecule has 1 heterocycles. The van der Waals surface area contributed by atoms with Gasteiger partial charge in [-0.1, -0.05) is 18.2 Å². The summed E-state index contributed by atoms with van der Waals surface area (Å²) in [4.78, 5) is 25.0. The van der Waals surface area contributed by atoms with E-state index < -0.39 is 11.8 Å². The van der Waals surface area contributed by atoms with Crippen molar-refractivity contribution >= 4 is 23.2 Å². The molecule has 0 radical (unpaired) electrons. The van der Waals surface area contributed by atoms with E-state index in [0.717, 1.165) is 24.2 Å². The van der Waals surface area contributed by atoms with E-state index in [0.29, 0.717) is 19.4 Å². The van der Waals surface area contributed by atoms with Gasteiger partial charge in [0.2, 0.25) is 11.8 Å². The van der Waals surface area contributed by atoms with E-state index >= 15 is 0 Å². The highest BCUT2D eigenvalue weighted by atomic mass is 32.1. The van der Waals surface area contributed by atoms with Crippen LogP contribution in [0.5, 0.6) is 5.75 Å². The molecule has 0 fully saturated rings. The van der Waals surface area contributed by atoms with Crippen molar-refractivity contribution in [1.29, 1.82) is 0 Å². The maximum Gasteiger partial charge on any atom is 0.222 e. The number of amides is 2. The Morgan fingerprint density at radius 1 is 1.23 bits per heavy atom. The largest absolute Gasteiger partial charge is 0.494 e. The van der Waals surface area contributed by atoms with Crippen LogP contribution in [0, 0.1) is 5.92 Å². The van der Waals surface area contributed by atoms with Crippen molar-refractivity contribution < 1.29 is 14.3 Å². The highest BCUT2D eigenvalue weighted by molar-refractivity contribution is 7.09. The summed E-state index contributed by atoms with van der Waals surface area (Å²) in [7, 11) is 0. The molecule has 0 saturated heterocycles. The quantitative estimate of drug-likeness (QED) is 0.634. The first kappa shape index (κ1) is 20.0. The fourth-order valence-corrected chi connectivity index (χ4v) is 3.40. The smallest absolute Gasteiger partial charge is 0.222 e. The molecule has 0 aliphatic heterocycles. The third-order valence-electron chi connectivity index (χ3n) is 4.07. The van der Waals surface area contributed by atoms with E-state index in [9.17, 15) is 9.59 Å². The molecule has 26 heavy (non-hydrogen) atoms. The minimum atomic E-state index is -0.422. The lowest BCUT2D eigenvalue weighted by Crippen LogP contribution is -2.37. The number of hydrogen-bond donors (Lipinski definition) is 2. The minimum Gasteiger partial charge on any atom is -0.494 e. The molecule has 2 aromatic rings. The van der Waals surface area contributed by atoms with Crippen molar-refractivity contribution in [2.24, 2.45) is 11.7 Å². The Kier molecular flexibility index (Phi) is 8.15. The highest BCUT2D eigenvalue weighted by Gasteiger charge is 2.17. The molecule has 1 atom stereocenters. The monoisotopic (exact) mass is 374 g/mol. The molecule has 0 bridgehead atoms. The third-order valence-corrected chi connectivity index (χ3v) is 5.01. The van der Waals surface area contributed by atoms with Gasteiger partial charge in [0.25, 0.3) is 0 Å². The van der Waals surface area contributed by atoms with Gasteiger partial charge in [-0.15, -0.1) is 11.3 Å². The van der Waals surface area contributed by atoms with Gasteiger partial charge >= 0.3 is 0 Å². The zero-order valence-corrected chi connectivity index (χ0v) is 15.9. The van der Waals surface area contributed by atoms with Crippen LogP contribution < -0.4 is 15.8 Å². The molecule has 2 rings (SSSR count). The molecule has 6 heteroatoms. The first-order valence-electron chi connectivity index (χ1n) is 8.88. The van der Waals surface area contributed by atoms with Crippen LogP contribution in [0.3, 0.4) is 0 Å². The summed E-state index contributed by atoms with van der Waals surface area (Å²) >= 11 is 1.70. The van der Waals surface area contributed by atoms with Crippen LogP contribution in [0.25, 0.3) is 0 Å². The van der Waals surface area contributed by atoms with E-state index in [1.165, 1.54) is 4.88 Å². The van der Waals surface area contributed by atoms with Gasteiger partial charge in [0.15, 0.2) is 0 Å². The number of rotatable bonds is 11. The maximum atomic E-state index is 12.0. The number of primary amides is 1. The second kappa shape index (κ2) is 10.6. The molecule has 0 aliphatic carbocycles. The predicted molar refractivity (Wildman–Crippen MR) is 104 cm³/mol. The number of aryl methyl sites for hydroxylation is 1. The normalized spacial score (nSPS) is 11.7. The summed E-state index contributed by atoms with van der Waals surface area (Å²) in [5.74, 6) is -0.0719. The fraction of sp³-hybridized carbons (Fsp3) is 0.400. The number of hydrogen-bond acceptors (Lipinski definition) is 4. The molecule has 0 aliphatic rings. The fourth-order valence-electron chi connectivity index (χ4n) is 2.65. The Morgan fingerprint density at radius 3 is 2.62 bits per heavy atom. The molecule has 5 nitrogen and oxygen atoms in total. The third kappa shape index (κ3) is 6.88. The van der Waals surface area contributed by atoms with Gasteiger partial charge < -0.3 is 15.8 Å². The van der Waals surface area contributed by atoms with Gasteiger partial charge in [-0.2, -0.15) is 0 Å². The van der Waals surface area contributed by atoms with Crippen LogP contribution in [0.15, 0.2) is 41.8 Å². The second-order valence-corrected chi connectivity index (χ2v) is 7.15. The summed E-state index contributed by atoms with van der Waals surface area (Å²) in [5, 5.41) is 4.87. The van der Waals surface area contributed by atoms with Gasteiger partial charge in [-0.3, -0.25) is 9.59 Å². The number of nitrogens with one attached hydrogen (secondary N) is 1. The van der Waals surface area contributed by atoms with Crippen LogP contribution >= 0.6 is 11.3 Å². The number of benzene rings is 1. The number of ether oxygens (including phenoxy) is 1. The average molecular weight is 375 g/mol. The van der Waals surface area contributed by atoms with Crippen molar-refractivity contribution in [3.05, 3.63) is 52.2 Å². The Bertz CT molecular complexity index is 684. The van der Waals surface area contributed by atoms with Crippen LogP contribution in [-0.4, -0.2) is 25.0 Å². The molecule has 1 aromatic carbocycles. The van der Waals surface area contributed by atoms with Gasteiger partial charge in [0.1, 0.15) is 5.75 Å². The molecular weight excluding hydrogens is 348 g/mol. The SMILES string of the molecule is CCOc1ccc(CC(CNC(=O)CCCc2cccs2)C(N)=O)cc1. The summed E-state index contributed by atoms with van der Waals surface area (Å²) in [6.45, 7) is 2.81. The van der Waals surface area contributed by atoms with Gasteiger partial charge in [-0.25, -0.2) is 0 Å². The molecule has 1 unspecified atom stereocenters. The molecule has 3 N–H and O–H groups in total. The summed E-state index contributed by atoms with van der Waals surface area (Å²) in [6.07, 6.45) is 2.65. The van der Waals surface area contributed by atoms with Crippen molar-refractivity contribution in [1.82, 2.24) is 5.32 Å². The highest BCUT2D eigenvalue weighted by Crippen LogP contribution is 2.15. The van der Waals surface area contributed by atoms with Gasteiger partial charge in [0, 0.05) is 17.8 Å². The Labute approximate surface area is 158 Å². The molecule has 2 amide bonds. The first-order chi connectivity index (χ1) is 12.6. The average Bonchev–Trinajstić information content (AvgIpc) is 3.13. The predicted octanol–water partition coefficient (Wildman–Crippen LogP) is 2.93. The Morgan fingerprint density at radius 2 is 2.00 bits per heavy atom. The van der Waals surface area contributed by atoms with Crippen LogP contribution in [-0.2, 0) is 22.4 Å². The molecule has 0 saturated carbocycles. The maximum absolute atomic E-state index is 12.0. The Hall–Kier alpha value is -2.34. The van der Waals surface area contributed by atoms with E-state index in [2.05, 4.69) is 11.4 Å². The molecule has 1 aromatic heterocycles. The lowest BCUT2D eigenvalue weighted by Gasteiger charge is -2.15. The zero-order chi connectivity index (χ0) is 18.8. The topological polar surface area (TPSA) is 81.4 Å². The summed E-state index contributed by atoms with van der Waals surface area (Å²) in [5.41, 5.74) is 6.49. The minimum absolute atomic E-state index is 0.0421. The van der Waals surface area contributed by atoms with E-state index in [1.54, 1.807) is 11.3 Å². The Balaban J connectivity index is 1.76. The van der Waals surface area contributed by atoms with Crippen molar-refractivity contribution in [2.45, 2.75) is 32.6 Å². The van der Waals surface area contributed by atoms with Gasteiger partial charge in [0.05, 0.1) is 12.5 Å². The lowest BCUT2D eigenvalue weighted by molar-refractivity contribution is -0.123. The number of thiophene rings is 1. The second-order valence-electron chi connectivity index (χ2n) is 6.12. The first-order valence-corrected chi connectivity index (χ1v) is 9.76. The van der Waals surface area contributed by atoms with Crippen molar-refractivity contribution in [2.75, 3.05) is 13.2 Å². The number of carbonyl (C=O) groups is 2. The van der Waals surface area contributed by atoms with Crippen molar-refractivity contribution in [3.8, 4) is 5.75 Å². The zero-order valence-electron chi connectivity index (χ0n) is 15.1. The lowest BCUT2D eigenvalue weighted by atomic mass is 9.98. The standard InChI is InChI=1S/C20H26N2O3S/c1-2-25-17-10-8-15(9-11-17)13-16(20(21)24)14-22-19(23)7-3-5-18-6-4-12-26-18/h4,6,8-12,16H,2-3,5,7,13-14H2,1H3,(H2,21,24)(H,22,23). The van der Waals surface area contributed by atoms with Crippen LogP contribution in [0.4, 0.5) is 0 Å². The van der Waals surface area contributed by atoms with Crippen LogP contribution in [0.2, 0.25) is 0 Å². The van der Waals surface area contributed by atoms with Gasteiger partial charge in [-0.05, 0) is 55.3 Å². The molecule has 0 spiro atoms. The summed E-state index contributed by atoms with van der Waals surface area (Å²) < 4.78 is 5.41. The van der Waals surface area contributed by atoms with Crippen LogP contribution in [0.1, 0.15) is 30.2 Å². The molecule has 140 valence electrons. The van der Waals surface area contributed by atoms with E-state index in [1.807, 2.05) is 42.6 Å². The molecular formula is C20H26N2O3S. The number of carbonyl (C=O) groups excluding carboxylic acids is 2. The number of nitrogens with two attached hydrogens (primary N) is 1.